The smallest absolute Gasteiger partial charge is 0.159 e. The summed E-state index contributed by atoms with van der Waals surface area (Å²) in [5.41, 5.74) is 14.2. The molecule has 0 bridgehead atoms. The largest absolute Gasteiger partial charge is 0.455 e. The van der Waals surface area contributed by atoms with Crippen molar-refractivity contribution in [3.05, 3.63) is 218 Å². The van der Waals surface area contributed by atoms with Crippen LogP contribution in [0.25, 0.3) is 104 Å². The molecule has 3 aromatic heterocycles. The highest BCUT2D eigenvalue weighted by Gasteiger charge is 2.25. The van der Waals surface area contributed by atoms with Crippen LogP contribution < -0.4 is 4.90 Å². The van der Waals surface area contributed by atoms with Crippen LogP contribution in [-0.2, 0) is 0 Å². The van der Waals surface area contributed by atoms with Crippen molar-refractivity contribution in [1.29, 1.82) is 0 Å². The third-order valence-electron chi connectivity index (χ3n) is 12.6. The summed E-state index contributed by atoms with van der Waals surface area (Å²) in [4.78, 5) is 2.34. The first-order valence-electron chi connectivity index (χ1n) is 21.1. The van der Waals surface area contributed by atoms with E-state index in [9.17, 15) is 0 Å². The molecule has 10 aromatic carbocycles. The van der Waals surface area contributed by atoms with Crippen LogP contribution in [0.2, 0.25) is 0 Å². The lowest BCUT2D eigenvalue weighted by Gasteiger charge is -2.27. The van der Waals surface area contributed by atoms with Crippen LogP contribution in [0.4, 0.5) is 17.1 Å². The van der Waals surface area contributed by atoms with Crippen molar-refractivity contribution in [2.24, 2.45) is 0 Å². The van der Waals surface area contributed by atoms with E-state index in [-0.39, 0.29) is 0 Å². The van der Waals surface area contributed by atoms with Gasteiger partial charge in [-0.2, -0.15) is 0 Å². The Hall–Kier alpha value is -8.34. The standard InChI is InChI=1S/C58H36N2O2/c1-2-14-39-35-40(28-27-37(39)13-1)38-29-31-42(32-30-38)59(53-24-12-21-48-47-19-5-9-25-54(47)61-57(48)53)52-34-33-44(58-56(52)49-20-6-10-26-55(49)62-58)41-15-11-16-43(36-41)60-50-22-7-3-17-45(50)46-18-4-8-23-51(46)60/h1-36H. The lowest BCUT2D eigenvalue weighted by atomic mass is 9.98. The van der Waals surface area contributed by atoms with Gasteiger partial charge in [-0.1, -0.05) is 146 Å². The van der Waals surface area contributed by atoms with Gasteiger partial charge in [0.2, 0.25) is 0 Å². The summed E-state index contributed by atoms with van der Waals surface area (Å²) >= 11 is 0. The zero-order valence-electron chi connectivity index (χ0n) is 33.5. The fourth-order valence-electron chi connectivity index (χ4n) is 9.73. The quantitative estimate of drug-likeness (QED) is 0.168. The van der Waals surface area contributed by atoms with Gasteiger partial charge in [0.15, 0.2) is 5.58 Å². The van der Waals surface area contributed by atoms with Crippen LogP contribution in [0.3, 0.4) is 0 Å². The third kappa shape index (κ3) is 5.27. The molecule has 3 heterocycles. The molecule has 0 saturated heterocycles. The zero-order valence-corrected chi connectivity index (χ0v) is 33.5. The molecule has 0 N–H and O–H groups in total. The molecule has 0 radical (unpaired) electrons. The first-order chi connectivity index (χ1) is 30.7. The molecule has 0 aliphatic carbocycles. The first-order valence-corrected chi connectivity index (χ1v) is 21.1. The molecule has 0 aliphatic heterocycles. The fraction of sp³-hybridized carbons (Fsp3) is 0. The molecule has 0 atom stereocenters. The number of benzene rings is 10. The van der Waals surface area contributed by atoms with E-state index in [4.69, 9.17) is 8.83 Å². The van der Waals surface area contributed by atoms with E-state index in [2.05, 4.69) is 210 Å². The molecule has 0 fully saturated rings. The molecular weight excluding hydrogens is 757 g/mol. The van der Waals surface area contributed by atoms with Crippen molar-refractivity contribution in [1.82, 2.24) is 4.57 Å². The maximum atomic E-state index is 6.96. The van der Waals surface area contributed by atoms with Gasteiger partial charge in [-0.15, -0.1) is 0 Å². The number of hydrogen-bond donors (Lipinski definition) is 0. The van der Waals surface area contributed by atoms with E-state index in [1.54, 1.807) is 0 Å². The molecule has 0 saturated carbocycles. The van der Waals surface area contributed by atoms with Gasteiger partial charge in [-0.3, -0.25) is 0 Å². The number of fused-ring (bicyclic) bond motifs is 10. The Bertz CT molecular complexity index is 3830. The Balaban J connectivity index is 1.03. The lowest BCUT2D eigenvalue weighted by Crippen LogP contribution is -2.10. The average molecular weight is 793 g/mol. The van der Waals surface area contributed by atoms with Gasteiger partial charge in [0.1, 0.15) is 16.7 Å². The Labute approximate surface area is 356 Å². The highest BCUT2D eigenvalue weighted by molar-refractivity contribution is 6.19. The van der Waals surface area contributed by atoms with E-state index < -0.39 is 0 Å². The number of para-hydroxylation sites is 5. The number of anilines is 3. The monoisotopic (exact) mass is 792 g/mol. The predicted octanol–water partition coefficient (Wildman–Crippen LogP) is 16.5. The molecule has 62 heavy (non-hydrogen) atoms. The SMILES string of the molecule is c1cc(-c2ccc(N(c3ccc(-c4ccc5ccccc5c4)cc3)c3cccc4c3oc3ccccc34)c3c2oc2ccccc23)cc(-n2c3ccccc3c3ccccc32)c1. The Morgan fingerprint density at radius 1 is 0.355 bits per heavy atom. The fourth-order valence-corrected chi connectivity index (χ4v) is 9.73. The van der Waals surface area contributed by atoms with Crippen molar-refractivity contribution >= 4 is 93.5 Å². The van der Waals surface area contributed by atoms with Crippen LogP contribution in [0, 0.1) is 0 Å². The normalized spacial score (nSPS) is 11.9. The van der Waals surface area contributed by atoms with Gasteiger partial charge in [-0.25, -0.2) is 0 Å². The summed E-state index contributed by atoms with van der Waals surface area (Å²) in [5, 5.41) is 9.18. The molecule has 13 rings (SSSR count). The first kappa shape index (κ1) is 34.5. The number of furan rings is 2. The van der Waals surface area contributed by atoms with E-state index in [1.165, 1.54) is 38.1 Å². The van der Waals surface area contributed by atoms with Gasteiger partial charge in [0, 0.05) is 43.9 Å². The van der Waals surface area contributed by atoms with Crippen molar-refractivity contribution in [2.45, 2.75) is 0 Å². The van der Waals surface area contributed by atoms with Crippen molar-refractivity contribution in [3.8, 4) is 27.9 Å². The van der Waals surface area contributed by atoms with E-state index in [1.807, 2.05) is 18.2 Å². The second-order valence-electron chi connectivity index (χ2n) is 16.1. The van der Waals surface area contributed by atoms with Gasteiger partial charge >= 0.3 is 0 Å². The molecule has 0 spiro atoms. The number of aromatic nitrogens is 1. The van der Waals surface area contributed by atoms with E-state index >= 15 is 0 Å². The maximum Gasteiger partial charge on any atom is 0.159 e. The van der Waals surface area contributed by atoms with Crippen molar-refractivity contribution < 1.29 is 8.83 Å². The molecule has 0 aliphatic rings. The average Bonchev–Trinajstić information content (AvgIpc) is 4.02. The summed E-state index contributed by atoms with van der Waals surface area (Å²) in [6.45, 7) is 0. The Morgan fingerprint density at radius 3 is 1.76 bits per heavy atom. The molecule has 4 heteroatoms. The summed E-state index contributed by atoms with van der Waals surface area (Å²) < 4.78 is 16.1. The third-order valence-corrected chi connectivity index (χ3v) is 12.6. The number of hydrogen-bond acceptors (Lipinski definition) is 3. The van der Waals surface area contributed by atoms with E-state index in [0.717, 1.165) is 83.3 Å². The van der Waals surface area contributed by atoms with Crippen LogP contribution in [0.1, 0.15) is 0 Å². The van der Waals surface area contributed by atoms with Crippen LogP contribution in [0.5, 0.6) is 0 Å². The maximum absolute atomic E-state index is 6.96. The molecule has 13 aromatic rings. The lowest BCUT2D eigenvalue weighted by molar-refractivity contribution is 0.668. The summed E-state index contributed by atoms with van der Waals surface area (Å²) in [5.74, 6) is 0. The summed E-state index contributed by atoms with van der Waals surface area (Å²) in [6.07, 6.45) is 0. The van der Waals surface area contributed by atoms with Gasteiger partial charge < -0.3 is 18.3 Å². The van der Waals surface area contributed by atoms with Gasteiger partial charge in [0.05, 0.1) is 27.8 Å². The highest BCUT2D eigenvalue weighted by Crippen LogP contribution is 2.49. The van der Waals surface area contributed by atoms with E-state index in [0.29, 0.717) is 0 Å². The van der Waals surface area contributed by atoms with Crippen LogP contribution >= 0.6 is 0 Å². The Morgan fingerprint density at radius 2 is 0.968 bits per heavy atom. The van der Waals surface area contributed by atoms with Crippen molar-refractivity contribution in [3.63, 3.8) is 0 Å². The molecule has 4 nitrogen and oxygen atoms in total. The highest BCUT2D eigenvalue weighted by atomic mass is 16.3. The van der Waals surface area contributed by atoms with Crippen molar-refractivity contribution in [2.75, 3.05) is 4.90 Å². The number of rotatable bonds is 6. The molecule has 290 valence electrons. The summed E-state index contributed by atoms with van der Waals surface area (Å²) in [7, 11) is 0. The minimum absolute atomic E-state index is 0.830. The van der Waals surface area contributed by atoms with Crippen LogP contribution in [-0.4, -0.2) is 4.57 Å². The Kier molecular flexibility index (Phi) is 7.57. The molecule has 0 unspecified atom stereocenters. The zero-order chi connectivity index (χ0) is 40.7. The van der Waals surface area contributed by atoms with Gasteiger partial charge in [-0.05, 0) is 100 Å². The minimum Gasteiger partial charge on any atom is -0.455 e. The topological polar surface area (TPSA) is 34.5 Å². The second kappa shape index (κ2) is 13.6. The second-order valence-corrected chi connectivity index (χ2v) is 16.1. The molecule has 0 amide bonds. The minimum atomic E-state index is 0.830. The number of nitrogens with zero attached hydrogens (tertiary/aromatic N) is 2. The summed E-state index contributed by atoms with van der Waals surface area (Å²) in [6, 6.07) is 77.9. The predicted molar refractivity (Wildman–Crippen MR) is 258 cm³/mol. The molecular formula is C58H36N2O2. The van der Waals surface area contributed by atoms with Crippen LogP contribution in [0.15, 0.2) is 227 Å². The van der Waals surface area contributed by atoms with Gasteiger partial charge in [0.25, 0.3) is 0 Å².